The van der Waals surface area contributed by atoms with Gasteiger partial charge >= 0.3 is 0 Å². The maximum absolute atomic E-state index is 12.2. The number of thioether (sulfide) groups is 1. The first kappa shape index (κ1) is 17.3. The van der Waals surface area contributed by atoms with Crippen molar-refractivity contribution in [1.29, 1.82) is 0 Å². The highest BCUT2D eigenvalue weighted by atomic mass is 32.2. The third-order valence-electron chi connectivity index (χ3n) is 3.22. The summed E-state index contributed by atoms with van der Waals surface area (Å²) in [6.07, 6.45) is 0. The highest BCUT2D eigenvalue weighted by Gasteiger charge is 2.14. The van der Waals surface area contributed by atoms with Crippen LogP contribution in [0.4, 0.5) is 5.88 Å². The lowest BCUT2D eigenvalue weighted by atomic mass is 10.3. The predicted octanol–water partition coefficient (Wildman–Crippen LogP) is 2.34. The summed E-state index contributed by atoms with van der Waals surface area (Å²) < 4.78 is 11.6. The minimum absolute atomic E-state index is 0.0209. The smallest absolute Gasteiger partial charge is 0.204 e. The van der Waals surface area contributed by atoms with Crippen molar-refractivity contribution in [3.8, 4) is 0 Å². The Morgan fingerprint density at radius 3 is 2.95 bits per heavy atom. The molecular formula is C15H21NO4S2. The van der Waals surface area contributed by atoms with E-state index < -0.39 is 0 Å². The minimum atomic E-state index is -0.0238. The molecule has 0 aliphatic heterocycles. The summed E-state index contributed by atoms with van der Waals surface area (Å²) in [7, 11) is 1.69. The molecule has 0 saturated heterocycles. The summed E-state index contributed by atoms with van der Waals surface area (Å²) in [5, 5.41) is 11.2. The quantitative estimate of drug-likeness (QED) is 0.705. The Hall–Kier alpha value is -1.02. The average Bonchev–Trinajstić information content (AvgIpc) is 2.88. The van der Waals surface area contributed by atoms with E-state index in [9.17, 15) is 9.90 Å². The summed E-state index contributed by atoms with van der Waals surface area (Å²) in [5.41, 5.74) is 1.60. The van der Waals surface area contributed by atoms with E-state index in [4.69, 9.17) is 9.15 Å². The molecule has 2 heterocycles. The molecule has 2 rings (SSSR count). The number of anilines is 1. The Balaban J connectivity index is 2.13. The number of aliphatic hydroxyl groups is 1. The Kier molecular flexibility index (Phi) is 6.75. The van der Waals surface area contributed by atoms with Gasteiger partial charge in [-0.25, -0.2) is 0 Å². The van der Waals surface area contributed by atoms with Crippen molar-refractivity contribution in [2.75, 3.05) is 49.8 Å². The SMILES string of the molecule is COCCSCCN(CCO)c1cc(=O)c2scc(C)c2o1. The lowest BCUT2D eigenvalue weighted by Gasteiger charge is -2.22. The topological polar surface area (TPSA) is 62.9 Å². The van der Waals surface area contributed by atoms with Gasteiger partial charge in [0.15, 0.2) is 11.5 Å². The highest BCUT2D eigenvalue weighted by molar-refractivity contribution is 7.99. The van der Waals surface area contributed by atoms with E-state index in [0.717, 1.165) is 23.7 Å². The van der Waals surface area contributed by atoms with Gasteiger partial charge in [0.2, 0.25) is 5.43 Å². The zero-order valence-electron chi connectivity index (χ0n) is 12.8. The van der Waals surface area contributed by atoms with Crippen molar-refractivity contribution in [3.63, 3.8) is 0 Å². The third-order valence-corrected chi connectivity index (χ3v) is 5.24. The van der Waals surface area contributed by atoms with Crippen molar-refractivity contribution in [3.05, 3.63) is 27.2 Å². The van der Waals surface area contributed by atoms with Crippen LogP contribution in [0, 0.1) is 6.92 Å². The molecule has 0 radical (unpaired) electrons. The van der Waals surface area contributed by atoms with Crippen LogP contribution in [0.5, 0.6) is 0 Å². The van der Waals surface area contributed by atoms with Gasteiger partial charge in [0.1, 0.15) is 4.70 Å². The van der Waals surface area contributed by atoms with Crippen LogP contribution in [0.3, 0.4) is 0 Å². The zero-order chi connectivity index (χ0) is 15.9. The maximum atomic E-state index is 12.2. The second-order valence-electron chi connectivity index (χ2n) is 4.84. The van der Waals surface area contributed by atoms with Gasteiger partial charge in [-0.2, -0.15) is 11.8 Å². The van der Waals surface area contributed by atoms with Crippen molar-refractivity contribution in [1.82, 2.24) is 0 Å². The molecule has 0 aliphatic carbocycles. The second kappa shape index (κ2) is 8.57. The fourth-order valence-corrected chi connectivity index (χ4v) is 3.79. The second-order valence-corrected chi connectivity index (χ2v) is 6.95. The van der Waals surface area contributed by atoms with E-state index >= 15 is 0 Å². The van der Waals surface area contributed by atoms with E-state index in [1.54, 1.807) is 18.9 Å². The van der Waals surface area contributed by atoms with Gasteiger partial charge in [-0.05, 0) is 12.3 Å². The van der Waals surface area contributed by atoms with Gasteiger partial charge in [0, 0.05) is 43.3 Å². The summed E-state index contributed by atoms with van der Waals surface area (Å²) in [6.45, 7) is 3.84. The molecule has 1 N–H and O–H groups in total. The van der Waals surface area contributed by atoms with E-state index in [0.29, 0.717) is 29.3 Å². The number of aryl methyl sites for hydroxylation is 1. The maximum Gasteiger partial charge on any atom is 0.204 e. The molecule has 0 aliphatic rings. The largest absolute Gasteiger partial charge is 0.439 e. The summed E-state index contributed by atoms with van der Waals surface area (Å²) in [4.78, 5) is 14.1. The molecule has 22 heavy (non-hydrogen) atoms. The van der Waals surface area contributed by atoms with E-state index in [2.05, 4.69) is 0 Å². The van der Waals surface area contributed by atoms with Crippen LogP contribution in [-0.2, 0) is 4.74 Å². The first-order valence-electron chi connectivity index (χ1n) is 7.11. The molecule has 2 aromatic rings. The molecule has 5 nitrogen and oxygen atoms in total. The first-order chi connectivity index (χ1) is 10.7. The molecule has 0 amide bonds. The monoisotopic (exact) mass is 343 g/mol. The number of nitrogens with zero attached hydrogens (tertiary/aromatic N) is 1. The molecule has 0 unspecified atom stereocenters. The Morgan fingerprint density at radius 2 is 2.23 bits per heavy atom. The van der Waals surface area contributed by atoms with Crippen molar-refractivity contribution in [2.45, 2.75) is 6.92 Å². The van der Waals surface area contributed by atoms with Crippen LogP contribution < -0.4 is 10.3 Å². The Bertz CT molecular complexity index is 653. The van der Waals surface area contributed by atoms with Crippen LogP contribution in [0.2, 0.25) is 0 Å². The van der Waals surface area contributed by atoms with Gasteiger partial charge in [-0.15, -0.1) is 11.3 Å². The molecule has 0 spiro atoms. The standard InChI is InChI=1S/C15H21NO4S2/c1-11-10-22-15-12(18)9-13(20-14(11)15)16(3-5-17)4-7-21-8-6-19-2/h9-10,17H,3-8H2,1-2H3. The Labute approximate surface area is 137 Å². The van der Waals surface area contributed by atoms with E-state index in [1.807, 2.05) is 17.2 Å². The summed E-state index contributed by atoms with van der Waals surface area (Å²) in [5.74, 6) is 2.34. The molecule has 0 bridgehead atoms. The molecule has 0 fully saturated rings. The molecular weight excluding hydrogens is 322 g/mol. The minimum Gasteiger partial charge on any atom is -0.439 e. The van der Waals surface area contributed by atoms with Crippen molar-refractivity contribution in [2.24, 2.45) is 0 Å². The van der Waals surface area contributed by atoms with E-state index in [1.165, 1.54) is 17.4 Å². The molecule has 0 saturated carbocycles. The van der Waals surface area contributed by atoms with E-state index in [-0.39, 0.29) is 12.0 Å². The Morgan fingerprint density at radius 1 is 1.41 bits per heavy atom. The number of rotatable bonds is 9. The fraction of sp³-hybridized carbons (Fsp3) is 0.533. The lowest BCUT2D eigenvalue weighted by Crippen LogP contribution is -2.29. The van der Waals surface area contributed by atoms with Gasteiger partial charge < -0.3 is 19.2 Å². The fourth-order valence-electron chi connectivity index (χ4n) is 2.07. The van der Waals surface area contributed by atoms with Crippen LogP contribution in [-0.4, -0.2) is 50.0 Å². The molecule has 2 aromatic heterocycles. The van der Waals surface area contributed by atoms with Crippen molar-refractivity contribution >= 4 is 39.3 Å². The number of thiophene rings is 1. The number of hydrogen-bond donors (Lipinski definition) is 1. The lowest BCUT2D eigenvalue weighted by molar-refractivity contribution is 0.218. The predicted molar refractivity (Wildman–Crippen MR) is 93.6 cm³/mol. The van der Waals surface area contributed by atoms with Crippen LogP contribution in [0.25, 0.3) is 10.3 Å². The highest BCUT2D eigenvalue weighted by Crippen LogP contribution is 2.26. The number of methoxy groups -OCH3 is 1. The molecule has 0 atom stereocenters. The molecule has 122 valence electrons. The third kappa shape index (κ3) is 4.25. The van der Waals surface area contributed by atoms with Crippen molar-refractivity contribution < 1.29 is 14.3 Å². The van der Waals surface area contributed by atoms with Crippen LogP contribution in [0.15, 0.2) is 20.7 Å². The zero-order valence-corrected chi connectivity index (χ0v) is 14.5. The normalized spacial score (nSPS) is 11.2. The van der Waals surface area contributed by atoms with Crippen LogP contribution in [0.1, 0.15) is 5.56 Å². The number of ether oxygens (including phenoxy) is 1. The summed E-state index contributed by atoms with van der Waals surface area (Å²) in [6, 6.07) is 1.52. The number of hydrogen-bond acceptors (Lipinski definition) is 7. The summed E-state index contributed by atoms with van der Waals surface area (Å²) >= 11 is 3.18. The molecule has 7 heteroatoms. The van der Waals surface area contributed by atoms with Gasteiger partial charge in [0.05, 0.1) is 13.2 Å². The number of fused-ring (bicyclic) bond motifs is 1. The number of aliphatic hydroxyl groups excluding tert-OH is 1. The molecule has 0 aromatic carbocycles. The van der Waals surface area contributed by atoms with Gasteiger partial charge in [-0.1, -0.05) is 0 Å². The average molecular weight is 343 g/mol. The van der Waals surface area contributed by atoms with Gasteiger partial charge in [-0.3, -0.25) is 4.79 Å². The first-order valence-corrected chi connectivity index (χ1v) is 9.15. The van der Waals surface area contributed by atoms with Crippen LogP contribution >= 0.6 is 23.1 Å². The van der Waals surface area contributed by atoms with Gasteiger partial charge in [0.25, 0.3) is 0 Å².